The van der Waals surface area contributed by atoms with E-state index in [1.165, 1.54) is 19.3 Å². The van der Waals surface area contributed by atoms with Crippen molar-refractivity contribution in [3.05, 3.63) is 29.8 Å². The van der Waals surface area contributed by atoms with Crippen molar-refractivity contribution >= 4 is 17.5 Å². The third kappa shape index (κ3) is 4.67. The third-order valence-corrected chi connectivity index (χ3v) is 8.04. The smallest absolute Gasteiger partial charge is 0.227 e. The van der Waals surface area contributed by atoms with Gasteiger partial charge in [0.2, 0.25) is 11.8 Å². The van der Waals surface area contributed by atoms with E-state index >= 15 is 0 Å². The predicted octanol–water partition coefficient (Wildman–Crippen LogP) is 5.07. The van der Waals surface area contributed by atoms with E-state index < -0.39 is 0 Å². The normalized spacial score (nSPS) is 29.7. The number of carbonyl (C=O) groups is 2. The van der Waals surface area contributed by atoms with E-state index in [9.17, 15) is 9.59 Å². The predicted molar refractivity (Wildman–Crippen MR) is 121 cm³/mol. The monoisotopic (exact) mass is 424 g/mol. The third-order valence-electron chi connectivity index (χ3n) is 8.04. The summed E-state index contributed by atoms with van der Waals surface area (Å²) in [5, 5.41) is 3.14. The highest BCUT2D eigenvalue weighted by Gasteiger charge is 2.41. The van der Waals surface area contributed by atoms with Gasteiger partial charge in [0.1, 0.15) is 0 Å². The van der Waals surface area contributed by atoms with Gasteiger partial charge in [-0.15, -0.1) is 0 Å². The first-order valence-corrected chi connectivity index (χ1v) is 12.5. The quantitative estimate of drug-likeness (QED) is 0.734. The molecule has 2 aliphatic carbocycles. The zero-order valence-electron chi connectivity index (χ0n) is 18.6. The Labute approximate surface area is 185 Å². The number of nitrogens with zero attached hydrogens (tertiary/aromatic N) is 1. The van der Waals surface area contributed by atoms with Crippen LogP contribution in [-0.4, -0.2) is 35.9 Å². The minimum atomic E-state index is 0.0584. The van der Waals surface area contributed by atoms with Crippen LogP contribution in [0.1, 0.15) is 82.3 Å². The van der Waals surface area contributed by atoms with Gasteiger partial charge in [0.25, 0.3) is 0 Å². The molecule has 5 heteroatoms. The zero-order valence-corrected chi connectivity index (χ0v) is 18.6. The number of piperidine rings is 1. The van der Waals surface area contributed by atoms with Crippen LogP contribution in [0.4, 0.5) is 5.69 Å². The molecule has 4 aliphatic rings. The van der Waals surface area contributed by atoms with Gasteiger partial charge in [-0.05, 0) is 56.2 Å². The number of ether oxygens (including phenoxy) is 1. The van der Waals surface area contributed by atoms with Gasteiger partial charge in [-0.25, -0.2) is 0 Å². The lowest BCUT2D eigenvalue weighted by atomic mass is 9.88. The molecule has 0 aromatic heterocycles. The largest absolute Gasteiger partial charge is 0.370 e. The van der Waals surface area contributed by atoms with E-state index in [0.717, 1.165) is 75.7 Å². The maximum atomic E-state index is 12.9. The molecular weight excluding hydrogens is 388 g/mol. The fourth-order valence-electron chi connectivity index (χ4n) is 6.23. The number of anilines is 1. The van der Waals surface area contributed by atoms with Crippen LogP contribution in [0, 0.1) is 17.8 Å². The Hall–Kier alpha value is -1.88. The maximum Gasteiger partial charge on any atom is 0.227 e. The van der Waals surface area contributed by atoms with Gasteiger partial charge in [-0.1, -0.05) is 44.2 Å². The number of carbonyl (C=O) groups excluding carboxylic acids is 2. The molecule has 4 fully saturated rings. The van der Waals surface area contributed by atoms with E-state index in [1.807, 2.05) is 12.1 Å². The second-order valence-electron chi connectivity index (χ2n) is 10.2. The van der Waals surface area contributed by atoms with Crippen molar-refractivity contribution in [3.63, 3.8) is 0 Å². The average Bonchev–Trinajstić information content (AvgIpc) is 3.49. The van der Waals surface area contributed by atoms with Crippen LogP contribution in [0.2, 0.25) is 0 Å². The molecule has 168 valence electrons. The van der Waals surface area contributed by atoms with Gasteiger partial charge in [0.05, 0.1) is 12.2 Å². The summed E-state index contributed by atoms with van der Waals surface area (Å²) >= 11 is 0. The Morgan fingerprint density at radius 2 is 1.68 bits per heavy atom. The maximum absolute atomic E-state index is 12.9. The summed E-state index contributed by atoms with van der Waals surface area (Å²) in [5.41, 5.74) is 2.02. The summed E-state index contributed by atoms with van der Waals surface area (Å²) in [5.74, 6) is 1.39. The first-order valence-electron chi connectivity index (χ1n) is 12.5. The van der Waals surface area contributed by atoms with Crippen molar-refractivity contribution in [3.8, 4) is 0 Å². The molecule has 1 aromatic carbocycles. The second-order valence-corrected chi connectivity index (χ2v) is 10.2. The van der Waals surface area contributed by atoms with Gasteiger partial charge in [0, 0.05) is 36.5 Å². The van der Waals surface area contributed by atoms with Gasteiger partial charge >= 0.3 is 0 Å². The van der Waals surface area contributed by atoms with E-state index in [4.69, 9.17) is 4.74 Å². The molecule has 2 amide bonds. The minimum absolute atomic E-state index is 0.0584. The van der Waals surface area contributed by atoms with E-state index in [1.54, 1.807) is 0 Å². The molecule has 5 rings (SSSR count). The molecule has 2 heterocycles. The lowest BCUT2D eigenvalue weighted by Gasteiger charge is -2.35. The Morgan fingerprint density at radius 1 is 0.935 bits per heavy atom. The lowest BCUT2D eigenvalue weighted by Crippen LogP contribution is -2.46. The lowest BCUT2D eigenvalue weighted by molar-refractivity contribution is -0.138. The Morgan fingerprint density at radius 3 is 2.48 bits per heavy atom. The van der Waals surface area contributed by atoms with Crippen molar-refractivity contribution in [2.75, 3.05) is 18.4 Å². The van der Waals surface area contributed by atoms with Crippen LogP contribution in [0.3, 0.4) is 0 Å². The fraction of sp³-hybridized carbons (Fsp3) is 0.692. The van der Waals surface area contributed by atoms with E-state index in [2.05, 4.69) is 22.3 Å². The van der Waals surface area contributed by atoms with Crippen LogP contribution in [0.5, 0.6) is 0 Å². The average molecular weight is 425 g/mol. The van der Waals surface area contributed by atoms with Crippen molar-refractivity contribution in [2.45, 2.75) is 82.8 Å². The first kappa shape index (κ1) is 21.0. The van der Waals surface area contributed by atoms with Gasteiger partial charge in [-0.2, -0.15) is 0 Å². The van der Waals surface area contributed by atoms with Gasteiger partial charge < -0.3 is 15.0 Å². The molecule has 2 saturated carbocycles. The number of nitrogens with one attached hydrogen (secondary N) is 1. The van der Waals surface area contributed by atoms with Crippen molar-refractivity contribution in [1.82, 2.24) is 4.90 Å². The molecule has 0 radical (unpaired) electrons. The summed E-state index contributed by atoms with van der Waals surface area (Å²) in [6.07, 6.45) is 12.4. The van der Waals surface area contributed by atoms with E-state index in [0.29, 0.717) is 11.8 Å². The number of amides is 2. The molecule has 31 heavy (non-hydrogen) atoms. The summed E-state index contributed by atoms with van der Waals surface area (Å²) in [4.78, 5) is 27.6. The van der Waals surface area contributed by atoms with Crippen LogP contribution < -0.4 is 5.32 Å². The Bertz CT molecular complexity index is 798. The molecule has 3 atom stereocenters. The first-order chi connectivity index (χ1) is 15.2. The SMILES string of the molecule is O=C(Nc1cccc([C@H]2C[C@H]3CN(C(=O)C4CCCC4)CC[C@@H]3O2)c1)C1CCCCC1. The summed E-state index contributed by atoms with van der Waals surface area (Å²) in [6.45, 7) is 1.68. The Balaban J connectivity index is 1.19. The molecule has 0 spiro atoms. The Kier molecular flexibility index (Phi) is 6.31. The minimum Gasteiger partial charge on any atom is -0.370 e. The van der Waals surface area contributed by atoms with Crippen LogP contribution >= 0.6 is 0 Å². The number of benzene rings is 1. The number of fused-ring (bicyclic) bond motifs is 1. The van der Waals surface area contributed by atoms with Crippen LogP contribution in [-0.2, 0) is 14.3 Å². The van der Waals surface area contributed by atoms with Crippen LogP contribution in [0.15, 0.2) is 24.3 Å². The number of likely N-dealkylation sites (tertiary alicyclic amines) is 1. The standard InChI is InChI=1S/C26H36N2O3/c29-25(18-7-2-1-3-8-18)27-22-12-6-11-20(15-22)24-16-21-17-28(14-13-23(21)31-24)26(30)19-9-4-5-10-19/h6,11-12,15,18-19,21,23-24H,1-5,7-10,13-14,16-17H2,(H,27,29)/t21-,23-,24+/m0/s1. The number of rotatable bonds is 4. The molecule has 2 aliphatic heterocycles. The topological polar surface area (TPSA) is 58.6 Å². The summed E-state index contributed by atoms with van der Waals surface area (Å²) in [6, 6.07) is 8.20. The molecule has 0 bridgehead atoms. The molecule has 1 N–H and O–H groups in total. The molecular formula is C26H36N2O3. The number of hydrogen-bond acceptors (Lipinski definition) is 3. The van der Waals surface area contributed by atoms with Crippen LogP contribution in [0.25, 0.3) is 0 Å². The van der Waals surface area contributed by atoms with Crippen molar-refractivity contribution in [1.29, 1.82) is 0 Å². The fourth-order valence-corrected chi connectivity index (χ4v) is 6.23. The van der Waals surface area contributed by atoms with Crippen molar-refractivity contribution in [2.24, 2.45) is 17.8 Å². The molecule has 0 unspecified atom stereocenters. The van der Waals surface area contributed by atoms with Gasteiger partial charge in [-0.3, -0.25) is 9.59 Å². The van der Waals surface area contributed by atoms with E-state index in [-0.39, 0.29) is 30.0 Å². The molecule has 1 aromatic rings. The highest BCUT2D eigenvalue weighted by Crippen LogP contribution is 2.42. The number of hydrogen-bond donors (Lipinski definition) is 1. The molecule has 5 nitrogen and oxygen atoms in total. The highest BCUT2D eigenvalue weighted by molar-refractivity contribution is 5.92. The zero-order chi connectivity index (χ0) is 21.2. The molecule has 2 saturated heterocycles. The summed E-state index contributed by atoms with van der Waals surface area (Å²) in [7, 11) is 0. The highest BCUT2D eigenvalue weighted by atomic mass is 16.5. The summed E-state index contributed by atoms with van der Waals surface area (Å²) < 4.78 is 6.43. The second kappa shape index (κ2) is 9.32. The van der Waals surface area contributed by atoms with Crippen molar-refractivity contribution < 1.29 is 14.3 Å². The van der Waals surface area contributed by atoms with Gasteiger partial charge in [0.15, 0.2) is 0 Å².